The van der Waals surface area contributed by atoms with E-state index in [0.29, 0.717) is 25.4 Å². The molecule has 148 valence electrons. The molecule has 1 aliphatic heterocycles. The lowest BCUT2D eigenvalue weighted by Gasteiger charge is -2.37. The number of rotatable bonds is 7. The van der Waals surface area contributed by atoms with Crippen molar-refractivity contribution in [3.8, 4) is 0 Å². The van der Waals surface area contributed by atoms with Crippen molar-refractivity contribution in [1.82, 2.24) is 4.90 Å². The minimum Gasteiger partial charge on any atom is -0.455 e. The number of cyclic esters (lactones) is 1. The highest BCUT2D eigenvalue weighted by molar-refractivity contribution is 5.88. The Morgan fingerprint density at radius 1 is 1.11 bits per heavy atom. The second kappa shape index (κ2) is 9.16. The van der Waals surface area contributed by atoms with E-state index in [9.17, 15) is 9.59 Å². The summed E-state index contributed by atoms with van der Waals surface area (Å²) < 4.78 is 5.68. The maximum atomic E-state index is 12.6. The molecule has 0 spiro atoms. The fraction of sp³-hybridized carbons (Fsp3) is 0.417. The number of hydrogen-bond donors (Lipinski definition) is 0. The molecule has 0 radical (unpaired) electrons. The van der Waals surface area contributed by atoms with Crippen LogP contribution in [0.25, 0.3) is 0 Å². The smallest absolute Gasteiger partial charge is 0.324 e. The van der Waals surface area contributed by atoms with E-state index >= 15 is 0 Å². The Morgan fingerprint density at radius 3 is 2.39 bits per heavy atom. The van der Waals surface area contributed by atoms with Crippen LogP contribution in [0, 0.1) is 0 Å². The lowest BCUT2D eigenvalue weighted by molar-refractivity contribution is -0.168. The maximum Gasteiger partial charge on any atom is 0.324 e. The van der Waals surface area contributed by atoms with Gasteiger partial charge in [-0.05, 0) is 29.2 Å². The fourth-order valence-corrected chi connectivity index (χ4v) is 3.68. The summed E-state index contributed by atoms with van der Waals surface area (Å²) in [5.41, 5.74) is 3.24. The van der Waals surface area contributed by atoms with Crippen LogP contribution in [-0.2, 0) is 20.7 Å². The number of Topliss-reactive ketones (excluding diaryl/α,β-unsaturated/α-hetero) is 1. The van der Waals surface area contributed by atoms with Crippen molar-refractivity contribution in [3.05, 3.63) is 71.3 Å². The van der Waals surface area contributed by atoms with E-state index in [1.807, 2.05) is 49.4 Å². The van der Waals surface area contributed by atoms with E-state index in [1.165, 1.54) is 5.56 Å². The molecule has 2 aromatic rings. The second-order valence-corrected chi connectivity index (χ2v) is 7.76. The van der Waals surface area contributed by atoms with Gasteiger partial charge in [0.15, 0.2) is 0 Å². The number of carbonyl (C=O) groups is 2. The van der Waals surface area contributed by atoms with Gasteiger partial charge in [-0.3, -0.25) is 14.5 Å². The van der Waals surface area contributed by atoms with Crippen LogP contribution < -0.4 is 0 Å². The third kappa shape index (κ3) is 4.87. The summed E-state index contributed by atoms with van der Waals surface area (Å²) in [7, 11) is 0. The highest BCUT2D eigenvalue weighted by atomic mass is 16.5. The van der Waals surface area contributed by atoms with Crippen LogP contribution in [0.4, 0.5) is 0 Å². The first kappa shape index (κ1) is 20.3. The molecule has 0 aliphatic carbocycles. The quantitative estimate of drug-likeness (QED) is 0.673. The molecular weight excluding hydrogens is 350 g/mol. The Morgan fingerprint density at radius 2 is 1.79 bits per heavy atom. The SMILES string of the molecule is CCN1C[C@H](c2ccccc2)OC(=O)C1CC(=O)Cc1ccc(C(C)C)cc1. The van der Waals surface area contributed by atoms with Crippen molar-refractivity contribution in [2.75, 3.05) is 13.1 Å². The Bertz CT molecular complexity index is 798. The van der Waals surface area contributed by atoms with E-state index in [0.717, 1.165) is 11.1 Å². The van der Waals surface area contributed by atoms with Gasteiger partial charge in [0.05, 0.1) is 0 Å². The highest BCUT2D eigenvalue weighted by Gasteiger charge is 2.37. The predicted molar refractivity (Wildman–Crippen MR) is 110 cm³/mol. The van der Waals surface area contributed by atoms with Crippen LogP contribution in [0.5, 0.6) is 0 Å². The van der Waals surface area contributed by atoms with Gasteiger partial charge in [-0.25, -0.2) is 0 Å². The van der Waals surface area contributed by atoms with Gasteiger partial charge in [-0.2, -0.15) is 0 Å². The van der Waals surface area contributed by atoms with Crippen LogP contribution in [-0.4, -0.2) is 35.8 Å². The normalized spacial score (nSPS) is 20.2. The minimum absolute atomic E-state index is 0.0656. The Hall–Kier alpha value is -2.46. The lowest BCUT2D eigenvalue weighted by atomic mass is 9.97. The summed E-state index contributed by atoms with van der Waals surface area (Å²) in [6.45, 7) is 7.64. The largest absolute Gasteiger partial charge is 0.455 e. The molecule has 1 saturated heterocycles. The number of benzene rings is 2. The van der Waals surface area contributed by atoms with Crippen LogP contribution >= 0.6 is 0 Å². The molecule has 2 aromatic carbocycles. The molecule has 28 heavy (non-hydrogen) atoms. The molecule has 0 amide bonds. The first-order chi connectivity index (χ1) is 13.5. The average molecular weight is 380 g/mol. The standard InChI is InChI=1S/C24H29NO3/c1-4-25-16-23(20-8-6-5-7-9-20)28-24(27)22(25)15-21(26)14-18-10-12-19(13-11-18)17(2)3/h5-13,17,22-23H,4,14-16H2,1-3H3/t22?,23-/m1/s1. The van der Waals surface area contributed by atoms with Crippen molar-refractivity contribution in [2.24, 2.45) is 0 Å². The zero-order valence-corrected chi connectivity index (χ0v) is 16.9. The van der Waals surface area contributed by atoms with Crippen molar-refractivity contribution in [1.29, 1.82) is 0 Å². The van der Waals surface area contributed by atoms with Crippen LogP contribution in [0.2, 0.25) is 0 Å². The molecule has 0 aromatic heterocycles. The third-order valence-corrected chi connectivity index (χ3v) is 5.42. The van der Waals surface area contributed by atoms with E-state index in [4.69, 9.17) is 4.74 Å². The number of ketones is 1. The predicted octanol–water partition coefficient (Wildman–Crippen LogP) is 4.30. The van der Waals surface area contributed by atoms with Gasteiger partial charge in [0, 0.05) is 19.4 Å². The second-order valence-electron chi connectivity index (χ2n) is 7.76. The molecule has 2 atom stereocenters. The van der Waals surface area contributed by atoms with E-state index in [-0.39, 0.29) is 24.3 Å². The van der Waals surface area contributed by atoms with E-state index < -0.39 is 6.04 Å². The Labute approximate surface area is 167 Å². The molecule has 1 heterocycles. The highest BCUT2D eigenvalue weighted by Crippen LogP contribution is 2.27. The van der Waals surface area contributed by atoms with Gasteiger partial charge >= 0.3 is 5.97 Å². The van der Waals surface area contributed by atoms with Gasteiger partial charge in [0.2, 0.25) is 0 Å². The molecule has 0 N–H and O–H groups in total. The number of esters is 1. The number of hydrogen-bond acceptors (Lipinski definition) is 4. The first-order valence-electron chi connectivity index (χ1n) is 10.1. The summed E-state index contributed by atoms with van der Waals surface area (Å²) in [5.74, 6) is 0.235. The van der Waals surface area contributed by atoms with Gasteiger partial charge in [-0.1, -0.05) is 75.4 Å². The fourth-order valence-electron chi connectivity index (χ4n) is 3.68. The molecule has 4 nitrogen and oxygen atoms in total. The minimum atomic E-state index is -0.493. The van der Waals surface area contributed by atoms with Crippen molar-refractivity contribution in [3.63, 3.8) is 0 Å². The monoisotopic (exact) mass is 379 g/mol. The molecule has 3 rings (SSSR count). The molecule has 0 bridgehead atoms. The summed E-state index contributed by atoms with van der Waals surface area (Å²) in [6.07, 6.45) is 0.269. The van der Waals surface area contributed by atoms with Gasteiger partial charge in [0.25, 0.3) is 0 Å². The van der Waals surface area contributed by atoms with Crippen molar-refractivity contribution in [2.45, 2.75) is 51.7 Å². The van der Waals surface area contributed by atoms with E-state index in [1.54, 1.807) is 0 Å². The molecule has 1 unspecified atom stereocenters. The molecular formula is C24H29NO3. The van der Waals surface area contributed by atoms with Crippen molar-refractivity contribution >= 4 is 11.8 Å². The summed E-state index contributed by atoms with van der Waals surface area (Å²) >= 11 is 0. The zero-order valence-electron chi connectivity index (χ0n) is 16.9. The van der Waals surface area contributed by atoms with Crippen LogP contribution in [0.15, 0.2) is 54.6 Å². The van der Waals surface area contributed by atoms with Crippen LogP contribution in [0.3, 0.4) is 0 Å². The Balaban J connectivity index is 1.62. The number of nitrogens with zero attached hydrogens (tertiary/aromatic N) is 1. The molecule has 0 saturated carbocycles. The van der Waals surface area contributed by atoms with Gasteiger partial charge in [0.1, 0.15) is 17.9 Å². The maximum absolute atomic E-state index is 12.6. The number of likely N-dealkylation sites (N-methyl/N-ethyl adjacent to an activating group) is 1. The summed E-state index contributed by atoms with van der Waals surface area (Å²) in [5, 5.41) is 0. The Kier molecular flexibility index (Phi) is 6.63. The number of ether oxygens (including phenoxy) is 1. The number of carbonyl (C=O) groups excluding carboxylic acids is 2. The lowest BCUT2D eigenvalue weighted by Crippen LogP contribution is -2.50. The molecule has 1 fully saturated rings. The average Bonchev–Trinajstić information content (AvgIpc) is 2.70. The van der Waals surface area contributed by atoms with Gasteiger partial charge in [-0.15, -0.1) is 0 Å². The van der Waals surface area contributed by atoms with E-state index in [2.05, 4.69) is 30.9 Å². The van der Waals surface area contributed by atoms with Crippen LogP contribution in [0.1, 0.15) is 55.9 Å². The topological polar surface area (TPSA) is 46.6 Å². The third-order valence-electron chi connectivity index (χ3n) is 5.42. The molecule has 4 heteroatoms. The number of morpholine rings is 1. The summed E-state index contributed by atoms with van der Waals surface area (Å²) in [6, 6.07) is 17.4. The molecule has 1 aliphatic rings. The van der Waals surface area contributed by atoms with Gasteiger partial charge < -0.3 is 4.74 Å². The zero-order chi connectivity index (χ0) is 20.1. The van der Waals surface area contributed by atoms with Crippen molar-refractivity contribution < 1.29 is 14.3 Å². The first-order valence-corrected chi connectivity index (χ1v) is 10.1. The summed E-state index contributed by atoms with van der Waals surface area (Å²) in [4.78, 5) is 27.3.